The molecule has 0 heterocycles. The van der Waals surface area contributed by atoms with Crippen molar-refractivity contribution >= 4 is 17.5 Å². The number of rotatable bonds is 16. The minimum atomic E-state index is -0.795. The van der Waals surface area contributed by atoms with Crippen molar-refractivity contribution in [2.45, 2.75) is 109 Å². The lowest BCUT2D eigenvalue weighted by atomic mass is 9.52. The minimum Gasteiger partial charge on any atom is -0.492 e. The number of ether oxygens (including phenoxy) is 2. The predicted molar refractivity (Wildman–Crippen MR) is 162 cm³/mol. The highest BCUT2D eigenvalue weighted by atomic mass is 35.5. The van der Waals surface area contributed by atoms with E-state index in [4.69, 9.17) is 26.8 Å². The van der Waals surface area contributed by atoms with Crippen LogP contribution in [0.15, 0.2) is 18.2 Å². The number of nitrogens with two attached hydrogens (primary N) is 1. The second-order valence-corrected chi connectivity index (χ2v) is 13.7. The Morgan fingerprint density at radius 3 is 2.54 bits per heavy atom. The van der Waals surface area contributed by atoms with Gasteiger partial charge in [0.15, 0.2) is 0 Å². The number of aliphatic hydroxyl groups is 2. The number of amides is 1. The van der Waals surface area contributed by atoms with E-state index in [9.17, 15) is 15.0 Å². The van der Waals surface area contributed by atoms with Crippen LogP contribution >= 0.6 is 11.6 Å². The van der Waals surface area contributed by atoms with Crippen molar-refractivity contribution in [1.29, 1.82) is 0 Å². The molecule has 1 aromatic carbocycles. The fourth-order valence-corrected chi connectivity index (χ4v) is 7.82. The van der Waals surface area contributed by atoms with E-state index >= 15 is 0 Å². The molecular weight excluding hydrogens is 542 g/mol. The highest BCUT2D eigenvalue weighted by Crippen LogP contribution is 2.55. The number of aliphatic hydroxyl groups excluding tert-OH is 1. The third-order valence-electron chi connectivity index (χ3n) is 9.74. The summed E-state index contributed by atoms with van der Waals surface area (Å²) in [5, 5.41) is 25.9. The molecule has 1 aromatic rings. The maximum Gasteiger partial charge on any atom is 0.223 e. The minimum absolute atomic E-state index is 0.0168. The SMILES string of the molecule is CC[C@H](C[C@H](O)[C@@H](N)CN(Cc1ccc(Cl)c(OCCCOC)c1)C(C)C)C(=O)NC1[C@@H]2CC3C[C@H]1CC(O)(C3)C2. The van der Waals surface area contributed by atoms with Crippen molar-refractivity contribution in [2.75, 3.05) is 26.9 Å². The van der Waals surface area contributed by atoms with E-state index in [2.05, 4.69) is 24.1 Å². The van der Waals surface area contributed by atoms with Gasteiger partial charge in [-0.2, -0.15) is 0 Å². The van der Waals surface area contributed by atoms with Gasteiger partial charge in [0, 0.05) is 57.3 Å². The van der Waals surface area contributed by atoms with Crippen molar-refractivity contribution < 1.29 is 24.5 Å². The first-order chi connectivity index (χ1) is 19.5. The Hall–Kier alpha value is -1.42. The van der Waals surface area contributed by atoms with Crippen LogP contribution in [0.1, 0.15) is 77.7 Å². The number of methoxy groups -OCH3 is 1. The van der Waals surface area contributed by atoms with E-state index in [-0.39, 0.29) is 23.9 Å². The summed E-state index contributed by atoms with van der Waals surface area (Å²) in [7, 11) is 1.67. The fourth-order valence-electron chi connectivity index (χ4n) is 7.65. The van der Waals surface area contributed by atoms with Crippen LogP contribution in [-0.4, -0.2) is 77.7 Å². The van der Waals surface area contributed by atoms with Gasteiger partial charge in [-0.1, -0.05) is 24.6 Å². The van der Waals surface area contributed by atoms with Crippen molar-refractivity contribution in [3.8, 4) is 5.75 Å². The largest absolute Gasteiger partial charge is 0.492 e. The van der Waals surface area contributed by atoms with Crippen LogP contribution in [0, 0.1) is 23.7 Å². The van der Waals surface area contributed by atoms with E-state index in [1.807, 2.05) is 25.1 Å². The average molecular weight is 594 g/mol. The Bertz CT molecular complexity index is 994. The van der Waals surface area contributed by atoms with E-state index in [1.54, 1.807) is 7.11 Å². The molecular formula is C32H52ClN3O5. The van der Waals surface area contributed by atoms with Gasteiger partial charge in [-0.05, 0) is 94.2 Å². The zero-order valence-electron chi connectivity index (χ0n) is 25.4. The van der Waals surface area contributed by atoms with Gasteiger partial charge in [-0.25, -0.2) is 0 Å². The molecule has 8 nitrogen and oxygen atoms in total. The van der Waals surface area contributed by atoms with Crippen LogP contribution in [0.3, 0.4) is 0 Å². The first kappa shape index (κ1) is 32.5. The lowest BCUT2D eigenvalue weighted by Gasteiger charge is -2.58. The Morgan fingerprint density at radius 2 is 1.93 bits per heavy atom. The molecule has 9 heteroatoms. The number of hydrogen-bond acceptors (Lipinski definition) is 7. The molecule has 8 atom stereocenters. The summed E-state index contributed by atoms with van der Waals surface area (Å²) in [5.41, 5.74) is 7.08. The Morgan fingerprint density at radius 1 is 1.22 bits per heavy atom. The van der Waals surface area contributed by atoms with Crippen LogP contribution < -0.4 is 15.8 Å². The van der Waals surface area contributed by atoms with Crippen molar-refractivity contribution in [3.63, 3.8) is 0 Å². The molecule has 0 radical (unpaired) electrons. The lowest BCUT2D eigenvalue weighted by molar-refractivity contribution is -0.148. The van der Waals surface area contributed by atoms with Crippen LogP contribution in [0.4, 0.5) is 0 Å². The molecule has 0 spiro atoms. The molecule has 4 saturated carbocycles. The molecule has 4 aliphatic rings. The summed E-state index contributed by atoms with van der Waals surface area (Å²) in [6.07, 6.45) is 5.71. The van der Waals surface area contributed by atoms with E-state index in [1.165, 1.54) is 0 Å². The fraction of sp³-hybridized carbons (Fsp3) is 0.781. The third-order valence-corrected chi connectivity index (χ3v) is 10.1. The number of halogens is 1. The summed E-state index contributed by atoms with van der Waals surface area (Å²) < 4.78 is 11.0. The lowest BCUT2D eigenvalue weighted by Crippen LogP contribution is -2.62. The van der Waals surface area contributed by atoms with E-state index in [0.29, 0.717) is 67.7 Å². The Kier molecular flexibility index (Phi) is 11.4. The summed E-state index contributed by atoms with van der Waals surface area (Å²) in [6.45, 7) is 8.51. The van der Waals surface area contributed by atoms with Gasteiger partial charge in [0.05, 0.1) is 23.3 Å². The normalized spacial score (nSPS) is 29.1. The molecule has 0 aliphatic heterocycles. The zero-order chi connectivity index (χ0) is 29.7. The van der Waals surface area contributed by atoms with Crippen molar-refractivity contribution in [2.24, 2.45) is 29.4 Å². The van der Waals surface area contributed by atoms with E-state index in [0.717, 1.165) is 44.1 Å². The smallest absolute Gasteiger partial charge is 0.223 e. The first-order valence-corrected chi connectivity index (χ1v) is 16.0. The van der Waals surface area contributed by atoms with Crippen molar-refractivity contribution in [1.82, 2.24) is 10.2 Å². The summed E-state index contributed by atoms with van der Waals surface area (Å²) in [4.78, 5) is 15.6. The molecule has 5 rings (SSSR count). The van der Waals surface area contributed by atoms with Crippen molar-refractivity contribution in [3.05, 3.63) is 28.8 Å². The van der Waals surface area contributed by atoms with Gasteiger partial charge in [0.1, 0.15) is 5.75 Å². The van der Waals surface area contributed by atoms with Gasteiger partial charge in [-0.15, -0.1) is 0 Å². The first-order valence-electron chi connectivity index (χ1n) is 15.6. The van der Waals surface area contributed by atoms with Gasteiger partial charge in [0.25, 0.3) is 0 Å². The number of carbonyl (C=O) groups is 1. The molecule has 4 fully saturated rings. The number of carbonyl (C=O) groups excluding carboxylic acids is 1. The summed E-state index contributed by atoms with van der Waals surface area (Å²) >= 11 is 6.36. The number of nitrogens with zero attached hydrogens (tertiary/aromatic N) is 1. The maximum atomic E-state index is 13.4. The molecule has 41 heavy (non-hydrogen) atoms. The van der Waals surface area contributed by atoms with Gasteiger partial charge in [-0.3, -0.25) is 9.69 Å². The molecule has 232 valence electrons. The van der Waals surface area contributed by atoms with Gasteiger partial charge >= 0.3 is 0 Å². The summed E-state index contributed by atoms with van der Waals surface area (Å²) in [5.74, 6) is 1.70. The van der Waals surface area contributed by atoms with Crippen LogP contribution in [0.25, 0.3) is 0 Å². The average Bonchev–Trinajstić information content (AvgIpc) is 2.91. The van der Waals surface area contributed by atoms with Gasteiger partial charge < -0.3 is 30.7 Å². The topological polar surface area (TPSA) is 117 Å². The standard InChI is InChI=1S/C32H52ClN3O5/c1-5-23(31(38)35-30-24-11-22-12-25(30)17-32(39,15-22)16-24)14-28(37)27(34)19-36(20(2)3)18-21-7-8-26(33)29(13-21)41-10-6-9-40-4/h7-8,13,20,22-25,27-28,30,37,39H,5-6,9-12,14-19,34H2,1-4H3,(H,35,38)/t22?,23-,24-,25+,27+,28+,30?,32?/m1/s1. The quantitative estimate of drug-likeness (QED) is 0.213. The number of nitrogens with one attached hydrogen (secondary N) is 1. The molecule has 4 bridgehead atoms. The molecule has 0 saturated heterocycles. The van der Waals surface area contributed by atoms with Gasteiger partial charge in [0.2, 0.25) is 5.91 Å². The Labute approximate surface area is 251 Å². The highest BCUT2D eigenvalue weighted by molar-refractivity contribution is 6.32. The second-order valence-electron chi connectivity index (χ2n) is 13.3. The molecule has 5 N–H and O–H groups in total. The number of hydrogen-bond donors (Lipinski definition) is 4. The molecule has 1 amide bonds. The second kappa shape index (κ2) is 14.4. The zero-order valence-corrected chi connectivity index (χ0v) is 26.1. The molecule has 4 aliphatic carbocycles. The predicted octanol–water partition coefficient (Wildman–Crippen LogP) is 4.13. The van der Waals surface area contributed by atoms with Crippen LogP contribution in [-0.2, 0) is 16.1 Å². The summed E-state index contributed by atoms with van der Waals surface area (Å²) in [6, 6.07) is 5.65. The monoisotopic (exact) mass is 593 g/mol. The van der Waals surface area contributed by atoms with Crippen LogP contribution in [0.2, 0.25) is 5.02 Å². The maximum absolute atomic E-state index is 13.4. The molecule has 3 unspecified atom stereocenters. The number of benzene rings is 1. The van der Waals surface area contributed by atoms with Crippen LogP contribution in [0.5, 0.6) is 5.75 Å². The third kappa shape index (κ3) is 8.36. The molecule has 0 aromatic heterocycles. The van der Waals surface area contributed by atoms with E-state index < -0.39 is 17.7 Å². The Balaban J connectivity index is 1.30. The highest BCUT2D eigenvalue weighted by Gasteiger charge is 2.55.